The van der Waals surface area contributed by atoms with E-state index in [0.717, 1.165) is 66.0 Å². The zero-order chi connectivity index (χ0) is 36.7. The van der Waals surface area contributed by atoms with Gasteiger partial charge in [0, 0.05) is 38.7 Å². The Morgan fingerprint density at radius 2 is 1.15 bits per heavy atom. The zero-order valence-corrected chi connectivity index (χ0v) is 30.6. The van der Waals surface area contributed by atoms with Crippen molar-refractivity contribution in [2.45, 2.75) is 19.3 Å². The molecule has 0 spiro atoms. The predicted octanol–water partition coefficient (Wildman–Crippen LogP) is 14.4. The first-order valence-corrected chi connectivity index (χ1v) is 19.0. The maximum atomic E-state index is 6.68. The monoisotopic (exact) mass is 704 g/mol. The number of anilines is 3. The summed E-state index contributed by atoms with van der Waals surface area (Å²) in [7, 11) is 0. The molecule has 260 valence electrons. The van der Waals surface area contributed by atoms with Gasteiger partial charge in [-0.1, -0.05) is 153 Å². The summed E-state index contributed by atoms with van der Waals surface area (Å²) in [5.74, 6) is 0.627. The van der Waals surface area contributed by atoms with Crippen LogP contribution in [0.2, 0.25) is 0 Å². The lowest BCUT2D eigenvalue weighted by atomic mass is 9.82. The number of oxazole rings is 1. The van der Waals surface area contributed by atoms with Crippen LogP contribution >= 0.6 is 0 Å². The molecule has 1 aromatic heterocycles. The number of rotatable bonds is 5. The molecule has 0 N–H and O–H groups in total. The van der Waals surface area contributed by atoms with Gasteiger partial charge in [0.15, 0.2) is 5.58 Å². The van der Waals surface area contributed by atoms with E-state index in [4.69, 9.17) is 9.40 Å². The minimum Gasteiger partial charge on any atom is -0.435 e. The van der Waals surface area contributed by atoms with Gasteiger partial charge in [-0.25, -0.2) is 4.98 Å². The van der Waals surface area contributed by atoms with Crippen LogP contribution in [0.3, 0.4) is 0 Å². The summed E-state index contributed by atoms with van der Waals surface area (Å²) >= 11 is 0. The molecule has 3 nitrogen and oxygen atoms in total. The van der Waals surface area contributed by atoms with Crippen molar-refractivity contribution in [3.05, 3.63) is 193 Å². The van der Waals surface area contributed by atoms with Crippen LogP contribution in [-0.4, -0.2) is 4.98 Å². The fraction of sp³-hybridized carbons (Fsp3) is 0.0577. The van der Waals surface area contributed by atoms with Gasteiger partial charge in [0.05, 0.1) is 5.69 Å². The quantitative estimate of drug-likeness (QED) is 0.167. The first-order valence-electron chi connectivity index (χ1n) is 19.0. The van der Waals surface area contributed by atoms with Crippen LogP contribution in [-0.2, 0) is 5.41 Å². The number of benzene rings is 9. The highest BCUT2D eigenvalue weighted by Gasteiger charge is 2.37. The molecule has 0 saturated carbocycles. The van der Waals surface area contributed by atoms with Gasteiger partial charge >= 0.3 is 0 Å². The van der Waals surface area contributed by atoms with Crippen LogP contribution in [0.5, 0.6) is 0 Å². The van der Waals surface area contributed by atoms with Gasteiger partial charge in [0.25, 0.3) is 0 Å². The number of hydrogen-bond acceptors (Lipinski definition) is 3. The van der Waals surface area contributed by atoms with E-state index in [-0.39, 0.29) is 5.41 Å². The Morgan fingerprint density at radius 1 is 0.491 bits per heavy atom. The number of nitrogens with zero attached hydrogens (tertiary/aromatic N) is 2. The summed E-state index contributed by atoms with van der Waals surface area (Å²) in [6, 6.07) is 65.5. The van der Waals surface area contributed by atoms with E-state index in [9.17, 15) is 0 Å². The third-order valence-corrected chi connectivity index (χ3v) is 11.6. The maximum absolute atomic E-state index is 6.68. The molecule has 0 aliphatic heterocycles. The van der Waals surface area contributed by atoms with Crippen LogP contribution in [0.1, 0.15) is 25.0 Å². The lowest BCUT2D eigenvalue weighted by Gasteiger charge is -2.29. The number of fused-ring (bicyclic) bond motifs is 11. The van der Waals surface area contributed by atoms with Crippen LogP contribution in [0.25, 0.3) is 77.1 Å². The Morgan fingerprint density at radius 3 is 1.98 bits per heavy atom. The van der Waals surface area contributed by atoms with Crippen LogP contribution in [0, 0.1) is 0 Å². The van der Waals surface area contributed by atoms with Crippen molar-refractivity contribution in [1.29, 1.82) is 0 Å². The highest BCUT2D eigenvalue weighted by Crippen LogP contribution is 2.54. The molecule has 3 heteroatoms. The van der Waals surface area contributed by atoms with E-state index >= 15 is 0 Å². The van der Waals surface area contributed by atoms with E-state index in [0.29, 0.717) is 5.89 Å². The van der Waals surface area contributed by atoms with Crippen molar-refractivity contribution in [2.75, 3.05) is 4.90 Å². The molecule has 0 fully saturated rings. The van der Waals surface area contributed by atoms with Gasteiger partial charge in [-0.2, -0.15) is 0 Å². The summed E-state index contributed by atoms with van der Waals surface area (Å²) in [6.07, 6.45) is 0. The van der Waals surface area contributed by atoms with E-state index < -0.39 is 0 Å². The Labute approximate surface area is 319 Å². The molecular weight excluding hydrogens is 669 g/mol. The third-order valence-electron chi connectivity index (χ3n) is 11.6. The second-order valence-corrected chi connectivity index (χ2v) is 15.1. The average molecular weight is 705 g/mol. The molecule has 11 rings (SSSR count). The van der Waals surface area contributed by atoms with Crippen molar-refractivity contribution < 1.29 is 4.42 Å². The minimum absolute atomic E-state index is 0.130. The van der Waals surface area contributed by atoms with Crippen molar-refractivity contribution in [1.82, 2.24) is 4.98 Å². The lowest BCUT2D eigenvalue weighted by molar-refractivity contribution is 0.623. The fourth-order valence-corrected chi connectivity index (χ4v) is 9.02. The molecule has 0 radical (unpaired) electrons. The van der Waals surface area contributed by atoms with E-state index in [1.165, 1.54) is 33.4 Å². The Hall–Kier alpha value is -6.97. The van der Waals surface area contributed by atoms with Gasteiger partial charge in [-0.05, 0) is 91.8 Å². The maximum Gasteiger partial charge on any atom is 0.227 e. The van der Waals surface area contributed by atoms with Crippen molar-refractivity contribution >= 4 is 60.5 Å². The predicted molar refractivity (Wildman–Crippen MR) is 230 cm³/mol. The second-order valence-electron chi connectivity index (χ2n) is 15.1. The first-order chi connectivity index (χ1) is 27.0. The smallest absolute Gasteiger partial charge is 0.227 e. The van der Waals surface area contributed by atoms with Gasteiger partial charge in [-0.3, -0.25) is 0 Å². The van der Waals surface area contributed by atoms with Crippen molar-refractivity contribution in [2.24, 2.45) is 0 Å². The number of hydrogen-bond donors (Lipinski definition) is 0. The SMILES string of the molecule is CC1(C)c2ccccc2-c2c(N(c3cccc(-c4ccccc4)c3)c3ccc4ccc5c6ccccc6c6oc(-c7ccccc7)nc6c5c4c3)cccc21. The molecule has 0 amide bonds. The van der Waals surface area contributed by atoms with E-state index in [2.05, 4.69) is 183 Å². The standard InChI is InChI=1S/C52H36N2O/c1-52(2)44-24-12-11-23-42(44)48-45(52)25-14-26-46(48)54(37-20-13-19-36(31-37)33-15-5-3-6-16-33)38-29-27-34-28-30-40-39-21-9-10-22-41(39)50-49(47(40)43(34)32-38)53-51(55-50)35-17-7-4-8-18-35/h3-32H,1-2H3. The molecular formula is C52H36N2O. The van der Waals surface area contributed by atoms with Gasteiger partial charge < -0.3 is 9.32 Å². The average Bonchev–Trinajstić information content (AvgIpc) is 3.79. The Kier molecular flexibility index (Phi) is 6.90. The molecule has 10 aromatic rings. The van der Waals surface area contributed by atoms with Crippen LogP contribution in [0.15, 0.2) is 186 Å². The molecule has 0 unspecified atom stereocenters. The van der Waals surface area contributed by atoms with E-state index in [1.54, 1.807) is 0 Å². The summed E-state index contributed by atoms with van der Waals surface area (Å²) in [6.45, 7) is 4.70. The highest BCUT2D eigenvalue weighted by molar-refractivity contribution is 6.29. The molecule has 0 bridgehead atoms. The second kappa shape index (κ2) is 12.0. The fourth-order valence-electron chi connectivity index (χ4n) is 9.02. The Balaban J connectivity index is 1.22. The summed E-state index contributed by atoms with van der Waals surface area (Å²) in [4.78, 5) is 7.71. The summed E-state index contributed by atoms with van der Waals surface area (Å²) in [5, 5.41) is 6.77. The van der Waals surface area contributed by atoms with Gasteiger partial charge in [0.2, 0.25) is 5.89 Å². The zero-order valence-electron chi connectivity index (χ0n) is 30.6. The van der Waals surface area contributed by atoms with Crippen LogP contribution in [0.4, 0.5) is 17.1 Å². The molecule has 9 aromatic carbocycles. The van der Waals surface area contributed by atoms with Crippen LogP contribution < -0.4 is 4.90 Å². The molecule has 1 aliphatic carbocycles. The topological polar surface area (TPSA) is 29.3 Å². The van der Waals surface area contributed by atoms with Gasteiger partial charge in [-0.15, -0.1) is 0 Å². The lowest BCUT2D eigenvalue weighted by Crippen LogP contribution is -2.16. The first kappa shape index (κ1) is 31.5. The van der Waals surface area contributed by atoms with E-state index in [1.807, 2.05) is 18.2 Å². The minimum atomic E-state index is -0.130. The van der Waals surface area contributed by atoms with Crippen molar-refractivity contribution in [3.63, 3.8) is 0 Å². The number of aromatic nitrogens is 1. The highest BCUT2D eigenvalue weighted by atomic mass is 16.3. The Bertz CT molecular complexity index is 3120. The third kappa shape index (κ3) is 4.79. The van der Waals surface area contributed by atoms with Crippen molar-refractivity contribution in [3.8, 4) is 33.7 Å². The molecule has 0 atom stereocenters. The summed E-state index contributed by atoms with van der Waals surface area (Å²) in [5.41, 5.74) is 13.5. The molecule has 1 aliphatic rings. The summed E-state index contributed by atoms with van der Waals surface area (Å²) < 4.78 is 6.68. The normalized spacial score (nSPS) is 13.1. The van der Waals surface area contributed by atoms with Gasteiger partial charge in [0.1, 0.15) is 5.52 Å². The molecule has 0 saturated heterocycles. The largest absolute Gasteiger partial charge is 0.435 e. The molecule has 55 heavy (non-hydrogen) atoms. The molecule has 1 heterocycles.